The number of rotatable bonds is 4. The highest BCUT2D eigenvalue weighted by molar-refractivity contribution is 7.89. The average molecular weight is 339 g/mol. The predicted octanol–water partition coefficient (Wildman–Crippen LogP) is 2.72. The van der Waals surface area contributed by atoms with Crippen molar-refractivity contribution in [3.8, 4) is 0 Å². The Labute approximate surface area is 138 Å². The summed E-state index contributed by atoms with van der Waals surface area (Å²) in [5, 5.41) is 0. The number of carbonyl (C=O) groups is 1. The van der Waals surface area contributed by atoms with Crippen molar-refractivity contribution in [2.75, 3.05) is 13.2 Å². The van der Waals surface area contributed by atoms with E-state index in [1.807, 2.05) is 19.1 Å². The van der Waals surface area contributed by atoms with E-state index in [1.54, 1.807) is 20.8 Å². The summed E-state index contributed by atoms with van der Waals surface area (Å²) in [7, 11) is -3.72. The van der Waals surface area contributed by atoms with Gasteiger partial charge in [-0.15, -0.1) is 0 Å². The summed E-state index contributed by atoms with van der Waals surface area (Å²) < 4.78 is 32.8. The Morgan fingerprint density at radius 1 is 1.22 bits per heavy atom. The first-order valence-corrected chi connectivity index (χ1v) is 9.49. The third-order valence-electron chi connectivity index (χ3n) is 4.18. The van der Waals surface area contributed by atoms with Crippen molar-refractivity contribution in [3.63, 3.8) is 0 Å². The summed E-state index contributed by atoms with van der Waals surface area (Å²) in [4.78, 5) is 12.5. The second-order valence-corrected chi connectivity index (χ2v) is 7.93. The molecular formula is C17H25NO4S. The predicted molar refractivity (Wildman–Crippen MR) is 88.8 cm³/mol. The quantitative estimate of drug-likeness (QED) is 0.791. The van der Waals surface area contributed by atoms with Crippen molar-refractivity contribution in [3.05, 3.63) is 28.8 Å². The van der Waals surface area contributed by atoms with E-state index in [0.717, 1.165) is 29.5 Å². The molecule has 128 valence electrons. The first-order valence-electron chi connectivity index (χ1n) is 8.05. The summed E-state index contributed by atoms with van der Waals surface area (Å²) in [5.41, 5.74) is 2.46. The summed E-state index contributed by atoms with van der Waals surface area (Å²) in [6.07, 6.45) is 2.11. The molecule has 0 aliphatic carbocycles. The lowest BCUT2D eigenvalue weighted by molar-refractivity contribution is -0.148. The number of hydrogen-bond donors (Lipinski definition) is 0. The van der Waals surface area contributed by atoms with Gasteiger partial charge in [-0.2, -0.15) is 4.31 Å². The molecule has 0 saturated carbocycles. The van der Waals surface area contributed by atoms with Crippen LogP contribution >= 0.6 is 0 Å². The fourth-order valence-corrected chi connectivity index (χ4v) is 5.42. The topological polar surface area (TPSA) is 63.7 Å². The van der Waals surface area contributed by atoms with Crippen LogP contribution in [0.2, 0.25) is 0 Å². The second-order valence-electron chi connectivity index (χ2n) is 6.11. The molecular weight excluding hydrogens is 314 g/mol. The van der Waals surface area contributed by atoms with E-state index in [0.29, 0.717) is 17.9 Å². The van der Waals surface area contributed by atoms with Gasteiger partial charge in [0.05, 0.1) is 11.5 Å². The molecule has 5 nitrogen and oxygen atoms in total. The van der Waals surface area contributed by atoms with Gasteiger partial charge in [-0.3, -0.25) is 4.79 Å². The Hall–Kier alpha value is -1.40. The molecule has 1 heterocycles. The van der Waals surface area contributed by atoms with Crippen molar-refractivity contribution in [1.29, 1.82) is 0 Å². The van der Waals surface area contributed by atoms with E-state index in [-0.39, 0.29) is 6.61 Å². The zero-order chi connectivity index (χ0) is 17.2. The molecule has 0 N–H and O–H groups in total. The largest absolute Gasteiger partial charge is 0.465 e. The van der Waals surface area contributed by atoms with Crippen LogP contribution in [-0.2, 0) is 19.6 Å². The smallest absolute Gasteiger partial charge is 0.324 e. The monoisotopic (exact) mass is 339 g/mol. The summed E-state index contributed by atoms with van der Waals surface area (Å²) in [5.74, 6) is -0.446. The number of hydrogen-bond acceptors (Lipinski definition) is 4. The normalized spacial score (nSPS) is 19.6. The van der Waals surface area contributed by atoms with E-state index in [2.05, 4.69) is 0 Å². The fraction of sp³-hybridized carbons (Fsp3) is 0.588. The Morgan fingerprint density at radius 3 is 2.39 bits per heavy atom. The molecule has 23 heavy (non-hydrogen) atoms. The molecule has 2 rings (SSSR count). The van der Waals surface area contributed by atoms with Gasteiger partial charge < -0.3 is 4.74 Å². The van der Waals surface area contributed by atoms with Gasteiger partial charge in [-0.25, -0.2) is 8.42 Å². The van der Waals surface area contributed by atoms with Crippen LogP contribution in [0.25, 0.3) is 0 Å². The third kappa shape index (κ3) is 3.58. The van der Waals surface area contributed by atoms with Crippen LogP contribution in [-0.4, -0.2) is 37.9 Å². The van der Waals surface area contributed by atoms with Crippen LogP contribution in [0, 0.1) is 20.8 Å². The van der Waals surface area contributed by atoms with Gasteiger partial charge in [0.15, 0.2) is 0 Å². The first kappa shape index (κ1) is 17.9. The molecule has 1 fully saturated rings. The molecule has 1 unspecified atom stereocenters. The average Bonchev–Trinajstić information content (AvgIpc) is 2.46. The van der Waals surface area contributed by atoms with Gasteiger partial charge in [0.1, 0.15) is 6.04 Å². The maximum Gasteiger partial charge on any atom is 0.324 e. The minimum absolute atomic E-state index is 0.256. The van der Waals surface area contributed by atoms with Crippen LogP contribution in [0.1, 0.15) is 42.9 Å². The van der Waals surface area contributed by atoms with Crippen LogP contribution in [0.3, 0.4) is 0 Å². The molecule has 0 radical (unpaired) electrons. The maximum atomic E-state index is 13.2. The fourth-order valence-electron chi connectivity index (χ4n) is 3.36. The molecule has 6 heteroatoms. The van der Waals surface area contributed by atoms with Crippen LogP contribution in [0.15, 0.2) is 17.0 Å². The van der Waals surface area contributed by atoms with Crippen molar-refractivity contribution in [2.45, 2.75) is 57.9 Å². The molecule has 0 spiro atoms. The van der Waals surface area contributed by atoms with Gasteiger partial charge >= 0.3 is 5.97 Å². The Morgan fingerprint density at radius 2 is 1.83 bits per heavy atom. The van der Waals surface area contributed by atoms with E-state index < -0.39 is 22.0 Å². The number of carbonyl (C=O) groups excluding carboxylic acids is 1. The summed E-state index contributed by atoms with van der Waals surface area (Å²) in [6, 6.07) is 3.01. The number of esters is 1. The van der Waals surface area contributed by atoms with Gasteiger partial charge in [0.25, 0.3) is 0 Å². The first-order chi connectivity index (χ1) is 10.8. The van der Waals surface area contributed by atoms with Crippen LogP contribution < -0.4 is 0 Å². The lowest BCUT2D eigenvalue weighted by Crippen LogP contribution is -2.48. The van der Waals surface area contributed by atoms with Gasteiger partial charge in [0.2, 0.25) is 10.0 Å². The molecule has 0 aromatic heterocycles. The number of ether oxygens (including phenoxy) is 1. The molecule has 1 atom stereocenters. The summed E-state index contributed by atoms with van der Waals surface area (Å²) in [6.45, 7) is 7.89. The van der Waals surface area contributed by atoms with Gasteiger partial charge in [0, 0.05) is 6.54 Å². The highest BCUT2D eigenvalue weighted by Crippen LogP contribution is 2.30. The molecule has 1 aliphatic rings. The minimum Gasteiger partial charge on any atom is -0.465 e. The molecule has 1 aliphatic heterocycles. The maximum absolute atomic E-state index is 13.2. The number of aryl methyl sites for hydroxylation is 3. The van der Waals surface area contributed by atoms with E-state index in [9.17, 15) is 13.2 Å². The van der Waals surface area contributed by atoms with Gasteiger partial charge in [-0.1, -0.05) is 17.7 Å². The molecule has 1 saturated heterocycles. The van der Waals surface area contributed by atoms with E-state index in [1.165, 1.54) is 4.31 Å². The standard InChI is InChI=1S/C17H25NO4S/c1-5-22-17(19)15-8-6-7-9-18(15)23(20,21)16-13(3)10-12(2)11-14(16)4/h10-11,15H,5-9H2,1-4H3. The van der Waals surface area contributed by atoms with E-state index in [4.69, 9.17) is 4.74 Å². The van der Waals surface area contributed by atoms with Crippen molar-refractivity contribution < 1.29 is 17.9 Å². The minimum atomic E-state index is -3.72. The lowest BCUT2D eigenvalue weighted by atomic mass is 10.1. The molecule has 0 bridgehead atoms. The molecule has 0 amide bonds. The Bertz CT molecular complexity index is 674. The highest BCUT2D eigenvalue weighted by atomic mass is 32.2. The van der Waals surface area contributed by atoms with Crippen molar-refractivity contribution in [2.24, 2.45) is 0 Å². The lowest BCUT2D eigenvalue weighted by Gasteiger charge is -2.33. The number of nitrogens with zero attached hydrogens (tertiary/aromatic N) is 1. The number of sulfonamides is 1. The van der Waals surface area contributed by atoms with Crippen LogP contribution in [0.5, 0.6) is 0 Å². The van der Waals surface area contributed by atoms with E-state index >= 15 is 0 Å². The Kier molecular flexibility index (Phi) is 5.47. The van der Waals surface area contributed by atoms with Gasteiger partial charge in [-0.05, 0) is 58.1 Å². The molecule has 1 aromatic carbocycles. The van der Waals surface area contributed by atoms with Crippen molar-refractivity contribution >= 4 is 16.0 Å². The summed E-state index contributed by atoms with van der Waals surface area (Å²) >= 11 is 0. The third-order valence-corrected chi connectivity index (χ3v) is 6.40. The molecule has 1 aromatic rings. The second kappa shape index (κ2) is 7.01. The zero-order valence-electron chi connectivity index (χ0n) is 14.3. The zero-order valence-corrected chi connectivity index (χ0v) is 15.1. The van der Waals surface area contributed by atoms with Crippen LogP contribution in [0.4, 0.5) is 0 Å². The number of benzene rings is 1. The highest BCUT2D eigenvalue weighted by Gasteiger charge is 2.39. The van der Waals surface area contributed by atoms with Crippen molar-refractivity contribution in [1.82, 2.24) is 4.31 Å². The Balaban J connectivity index is 2.46. The number of piperidine rings is 1. The SMILES string of the molecule is CCOC(=O)C1CCCCN1S(=O)(=O)c1c(C)cc(C)cc1C.